The first-order valence-corrected chi connectivity index (χ1v) is 41.8. The number of aliphatic hydroxyl groups is 2. The molecule has 680 valence electrons. The maximum absolute atomic E-state index is 14.8. The van der Waals surface area contributed by atoms with E-state index in [9.17, 15) is 92.0 Å². The molecule has 1 saturated heterocycles. The number of aliphatic carboxylic acids is 1. The van der Waals surface area contributed by atoms with Gasteiger partial charge in [0.15, 0.2) is 0 Å². The number of nitrogens with two attached hydrogens (primary N) is 5. The number of carboxylic acid groups (broad SMARTS) is 1. The van der Waals surface area contributed by atoms with E-state index in [2.05, 4.69) is 84.5 Å². The molecule has 1 aliphatic heterocycles. The molecule has 15 amide bonds. The number of fused-ring (bicyclic) bond motifs is 1. The van der Waals surface area contributed by atoms with Gasteiger partial charge in [-0.2, -0.15) is 9.78 Å². The van der Waals surface area contributed by atoms with Gasteiger partial charge < -0.3 is 123 Å². The van der Waals surface area contributed by atoms with Gasteiger partial charge in [-0.3, -0.25) is 76.9 Å². The first-order chi connectivity index (χ1) is 59.6. The fraction of sp³-hybridized carbons (Fsp3) is 0.488. The molecular formula is C82H117N23O19S. The summed E-state index contributed by atoms with van der Waals surface area (Å²) in [4.78, 5) is 230. The van der Waals surface area contributed by atoms with Crippen molar-refractivity contribution in [1.82, 2.24) is 94.1 Å². The number of nitrogens with zero attached hydrogens (tertiary/aromatic N) is 4. The van der Waals surface area contributed by atoms with Crippen molar-refractivity contribution in [3.63, 3.8) is 0 Å². The Morgan fingerprint density at radius 2 is 1.14 bits per heavy atom. The lowest BCUT2D eigenvalue weighted by Gasteiger charge is -2.29. The van der Waals surface area contributed by atoms with Gasteiger partial charge >= 0.3 is 12.0 Å². The Labute approximate surface area is 726 Å². The van der Waals surface area contributed by atoms with E-state index in [-0.39, 0.29) is 96.2 Å². The summed E-state index contributed by atoms with van der Waals surface area (Å²) in [6, 6.07) is 8.03. The maximum atomic E-state index is 14.8. The van der Waals surface area contributed by atoms with Crippen molar-refractivity contribution < 1.29 is 92.0 Å². The molecule has 2 aromatic heterocycles. The number of carbonyl (C=O) groups is 16. The summed E-state index contributed by atoms with van der Waals surface area (Å²) in [5.74, 6) is -14.8. The van der Waals surface area contributed by atoms with E-state index >= 15 is 0 Å². The van der Waals surface area contributed by atoms with Crippen molar-refractivity contribution in [2.45, 2.75) is 193 Å². The zero-order chi connectivity index (χ0) is 92.0. The third-order valence-corrected chi connectivity index (χ3v) is 20.8. The van der Waals surface area contributed by atoms with Crippen molar-refractivity contribution >= 4 is 130 Å². The molecule has 0 spiro atoms. The topological polar surface area (TPSA) is 666 Å². The summed E-state index contributed by atoms with van der Waals surface area (Å²) in [5.41, 5.74) is 32.0. The highest BCUT2D eigenvalue weighted by atomic mass is 32.2. The molecule has 0 radical (unpaired) electrons. The van der Waals surface area contributed by atoms with Crippen LogP contribution in [-0.4, -0.2) is 275 Å². The lowest BCUT2D eigenvalue weighted by atomic mass is 10.00. The molecule has 13 atom stereocenters. The van der Waals surface area contributed by atoms with E-state index in [0.717, 1.165) is 13.8 Å². The maximum Gasteiger partial charge on any atom is 0.345 e. The number of amides is 15. The van der Waals surface area contributed by atoms with E-state index in [0.29, 0.717) is 43.2 Å². The molecule has 125 heavy (non-hydrogen) atoms. The molecule has 0 aliphatic carbocycles. The van der Waals surface area contributed by atoms with Crippen molar-refractivity contribution in [2.75, 3.05) is 66.5 Å². The van der Waals surface area contributed by atoms with Crippen LogP contribution in [-0.2, 0) is 73.5 Å². The van der Waals surface area contributed by atoms with Crippen LogP contribution >= 0.6 is 11.8 Å². The van der Waals surface area contributed by atoms with Gasteiger partial charge in [0.25, 0.3) is 5.91 Å². The third kappa shape index (κ3) is 32.3. The predicted octanol–water partition coefficient (Wildman–Crippen LogP) is -4.58. The Morgan fingerprint density at radius 3 is 1.71 bits per heavy atom. The molecule has 43 heteroatoms. The molecule has 42 nitrogen and oxygen atoms in total. The van der Waals surface area contributed by atoms with E-state index in [1.165, 1.54) is 35.4 Å². The number of pyridine rings is 1. The second-order valence-corrected chi connectivity index (χ2v) is 31.2. The van der Waals surface area contributed by atoms with Gasteiger partial charge in [-0.1, -0.05) is 74.1 Å². The third-order valence-electron chi connectivity index (χ3n) is 19.7. The first kappa shape index (κ1) is 101. The van der Waals surface area contributed by atoms with Crippen LogP contribution in [0.3, 0.4) is 0 Å². The minimum absolute atomic E-state index is 0.000248. The number of aliphatic hydroxyl groups excluding tert-OH is 2. The largest absolute Gasteiger partial charge is 0.481 e. The number of carboxylic acids is 1. The summed E-state index contributed by atoms with van der Waals surface area (Å²) in [6.07, 6.45) is -2.72. The van der Waals surface area contributed by atoms with Crippen molar-refractivity contribution in [1.29, 1.82) is 0 Å². The summed E-state index contributed by atoms with van der Waals surface area (Å²) in [5, 5.41) is 72.0. The molecule has 6 rings (SSSR count). The van der Waals surface area contributed by atoms with Crippen LogP contribution in [0.1, 0.15) is 126 Å². The van der Waals surface area contributed by atoms with Crippen molar-refractivity contribution in [3.8, 4) is 0 Å². The predicted molar refractivity (Wildman–Crippen MR) is 460 cm³/mol. The standard InChI is InChI=1S/C82H117N23O19S/c1-45(2)42-61-78(120)96-56(28-34-84)72(114)95-59(31-37-87)77(119)101-68(46(3)106)80(122)90-39-32-60(75(117)94-57(29-35-85)74(116)100-62(79(121)99-61)43-48-14-8-7-9-15-48)97-73(115)58(30-36-86)98-81(123)69(47(4)107)102-76(118)55(27-33-83)93-66(109)25-24-65(108)92-54(23-26-67(110)111)71(113)91-40-41-104(6)82(124)105-63-44-50(125-64-18-11-10-17-52(64)70(112)88-5)20-21-51(63)53(103-105)22-19-49-16-12-13-38-89-49/h7-22,38,44-47,54-62,68-69,106-107H,23-37,39-43,83-87H2,1-6H3,(H,88,112)(H,90,122)(H,91,113)(H,92,108)(H,93,109)(H,94,117)(H,95,114)(H,96,120)(H,97,115)(H,98,123)(H,99,121)(H,100,116)(H,101,119)(H,102,118)(H,110,111)/b22-19+/t46-,47-,54+,55+,56+,57+,58+,59+,60+,61+,62-,68+,69+/m1/s1. The number of hydrogen-bond acceptors (Lipinski definition) is 26. The number of rotatable bonds is 39. The zero-order valence-electron chi connectivity index (χ0n) is 70.6. The molecule has 5 aromatic rings. The monoisotopic (exact) mass is 1760 g/mol. The number of carbonyl (C=O) groups excluding carboxylic acids is 15. The van der Waals surface area contributed by atoms with Crippen molar-refractivity contribution in [3.05, 3.63) is 120 Å². The van der Waals surface area contributed by atoms with Crippen LogP contribution < -0.4 is 103 Å². The van der Waals surface area contributed by atoms with Gasteiger partial charge in [0.05, 0.1) is 34.7 Å². The minimum Gasteiger partial charge on any atom is -0.481 e. The molecule has 27 N–H and O–H groups in total. The quantitative estimate of drug-likeness (QED) is 0.0176. The molecule has 0 unspecified atom stereocenters. The van der Waals surface area contributed by atoms with E-state index < -0.39 is 213 Å². The Kier molecular flexibility index (Phi) is 41.9. The van der Waals surface area contributed by atoms with E-state index in [1.807, 2.05) is 12.1 Å². The number of benzene rings is 3. The van der Waals surface area contributed by atoms with Gasteiger partial charge in [-0.15, -0.1) is 0 Å². The lowest BCUT2D eigenvalue weighted by molar-refractivity contribution is -0.138. The van der Waals surface area contributed by atoms with E-state index in [1.54, 1.807) is 111 Å². The van der Waals surface area contributed by atoms with Crippen molar-refractivity contribution in [2.24, 2.45) is 34.6 Å². The van der Waals surface area contributed by atoms with Gasteiger partial charge in [-0.05, 0) is 164 Å². The summed E-state index contributed by atoms with van der Waals surface area (Å²) in [7, 11) is 2.98. The first-order valence-electron chi connectivity index (χ1n) is 41.0. The second kappa shape index (κ2) is 51.6. The highest BCUT2D eigenvalue weighted by Crippen LogP contribution is 2.34. The van der Waals surface area contributed by atoms with E-state index in [4.69, 9.17) is 28.7 Å². The van der Waals surface area contributed by atoms with Gasteiger partial charge in [0.1, 0.15) is 66.5 Å². The van der Waals surface area contributed by atoms with Crippen LogP contribution in [0.4, 0.5) is 4.79 Å². The minimum atomic E-state index is -1.92. The van der Waals surface area contributed by atoms with Crippen LogP contribution in [0, 0.1) is 5.92 Å². The second-order valence-electron chi connectivity index (χ2n) is 30.1. The van der Waals surface area contributed by atoms with Crippen LogP contribution in [0.25, 0.3) is 23.1 Å². The zero-order valence-corrected chi connectivity index (χ0v) is 71.4. The lowest BCUT2D eigenvalue weighted by Crippen LogP contribution is -2.62. The average molecular weight is 1760 g/mol. The molecule has 0 bridgehead atoms. The fourth-order valence-corrected chi connectivity index (χ4v) is 14.0. The summed E-state index contributed by atoms with van der Waals surface area (Å²) >= 11 is 1.29. The van der Waals surface area contributed by atoms with Crippen LogP contribution in [0.5, 0.6) is 0 Å². The van der Waals surface area contributed by atoms with Crippen LogP contribution in [0.2, 0.25) is 0 Å². The smallest absolute Gasteiger partial charge is 0.345 e. The number of nitrogens with one attached hydrogen (secondary N) is 14. The normalized spacial score (nSPS) is 19.2. The number of hydrogen-bond donors (Lipinski definition) is 22. The number of likely N-dealkylation sites (N-methyl/N-ethyl adjacent to an activating group) is 1. The average Bonchev–Trinajstić information content (AvgIpc) is 1.63. The highest BCUT2D eigenvalue weighted by molar-refractivity contribution is 7.99. The fourth-order valence-electron chi connectivity index (χ4n) is 13.0. The van der Waals surface area contributed by atoms with Gasteiger partial charge in [-0.25, -0.2) is 4.79 Å². The molecular weight excluding hydrogens is 1640 g/mol. The van der Waals surface area contributed by atoms with Gasteiger partial charge in [0, 0.05) is 80.8 Å². The number of aromatic nitrogens is 3. The Morgan fingerprint density at radius 1 is 0.592 bits per heavy atom. The molecule has 3 aromatic carbocycles. The van der Waals surface area contributed by atoms with Crippen LogP contribution in [0.15, 0.2) is 107 Å². The molecule has 1 fully saturated rings. The molecule has 1 aliphatic rings. The Balaban J connectivity index is 1.15. The molecule has 0 saturated carbocycles. The van der Waals surface area contributed by atoms with Gasteiger partial charge in [0.2, 0.25) is 76.8 Å². The highest BCUT2D eigenvalue weighted by Gasteiger charge is 2.39. The Bertz CT molecular complexity index is 4580. The Hall–Kier alpha value is -12.4. The summed E-state index contributed by atoms with van der Waals surface area (Å²) < 4.78 is 1.19. The molecule has 3 heterocycles. The SMILES string of the molecule is CNC(=O)c1ccccc1Sc1ccc2c(/C=C/c3ccccn3)nn(C(=O)N(C)CCNC(=O)[C@H](CCC(=O)O)NC(=O)CCC(=O)N[C@@H](CCN)C(=O)N[C@H](C(=O)N[C@@H](CCN)C(=O)N[C@H]3CCNC(=O)[C@H]([C@@H](C)O)NC(=O)[C@H](CCN)NC(=O)[C@H](CCN)NC(=O)[C@H](CC(C)C)NC(=O)[C@@H](Cc4ccccc4)NC(=O)[C@H](CCN)NC3=O)[C@@H](C)O)c2c1. The summed E-state index contributed by atoms with van der Waals surface area (Å²) in [6.45, 7) is 3.70.